The zero-order valence-electron chi connectivity index (χ0n) is 13.5. The van der Waals surface area contributed by atoms with E-state index in [0.717, 1.165) is 28.0 Å². The summed E-state index contributed by atoms with van der Waals surface area (Å²) in [6.07, 6.45) is 8.29. The predicted octanol–water partition coefficient (Wildman–Crippen LogP) is 4.68. The van der Waals surface area contributed by atoms with E-state index in [1.807, 2.05) is 12.3 Å². The molecule has 118 valence electrons. The van der Waals surface area contributed by atoms with E-state index in [2.05, 4.69) is 51.7 Å². The van der Waals surface area contributed by atoms with Crippen LogP contribution < -0.4 is 5.32 Å². The number of rotatable bonds is 3. The number of nitrogens with zero attached hydrogens (tertiary/aromatic N) is 2. The summed E-state index contributed by atoms with van der Waals surface area (Å²) < 4.78 is 0. The van der Waals surface area contributed by atoms with E-state index in [1.165, 1.54) is 37.7 Å². The predicted molar refractivity (Wildman–Crippen MR) is 94.6 cm³/mol. The number of aromatic amines is 1. The van der Waals surface area contributed by atoms with Crippen LogP contribution in [0.15, 0.2) is 36.5 Å². The van der Waals surface area contributed by atoms with Gasteiger partial charge in [0.2, 0.25) is 0 Å². The van der Waals surface area contributed by atoms with Crippen LogP contribution in [0.3, 0.4) is 0 Å². The van der Waals surface area contributed by atoms with Gasteiger partial charge in [-0.2, -0.15) is 5.10 Å². The Morgan fingerprint density at radius 3 is 2.83 bits per heavy atom. The molecule has 0 saturated heterocycles. The number of H-pyrrole nitrogens is 1. The van der Waals surface area contributed by atoms with Crippen molar-refractivity contribution in [3.8, 4) is 11.3 Å². The smallest absolute Gasteiger partial charge is 0.137 e. The maximum Gasteiger partial charge on any atom is 0.137 e. The lowest BCUT2D eigenvalue weighted by Crippen LogP contribution is -2.22. The van der Waals surface area contributed by atoms with Gasteiger partial charge in [0, 0.05) is 17.8 Å². The third kappa shape index (κ3) is 2.81. The number of pyridine rings is 1. The highest BCUT2D eigenvalue weighted by Gasteiger charge is 2.18. The lowest BCUT2D eigenvalue weighted by atomic mass is 9.95. The zero-order valence-corrected chi connectivity index (χ0v) is 13.5. The number of hydrogen-bond donors (Lipinski definition) is 2. The Bertz CT molecular complexity index is 815. The number of aryl methyl sites for hydroxylation is 1. The number of benzene rings is 1. The topological polar surface area (TPSA) is 53.6 Å². The molecule has 0 spiro atoms. The first-order valence-electron chi connectivity index (χ1n) is 8.48. The number of aromatic nitrogens is 3. The molecule has 1 saturated carbocycles. The average molecular weight is 306 g/mol. The maximum absolute atomic E-state index is 4.61. The normalized spacial score (nSPS) is 15.9. The van der Waals surface area contributed by atoms with E-state index in [9.17, 15) is 0 Å². The molecule has 23 heavy (non-hydrogen) atoms. The minimum atomic E-state index is 0.530. The highest BCUT2D eigenvalue weighted by atomic mass is 15.1. The summed E-state index contributed by atoms with van der Waals surface area (Å²) in [6.45, 7) is 2.11. The average Bonchev–Trinajstić information content (AvgIpc) is 3.01. The molecule has 0 unspecified atom stereocenters. The third-order valence-corrected chi connectivity index (χ3v) is 4.71. The van der Waals surface area contributed by atoms with Crippen molar-refractivity contribution < 1.29 is 0 Å². The molecule has 2 heterocycles. The molecule has 0 bridgehead atoms. The molecule has 0 atom stereocenters. The molecule has 0 amide bonds. The highest BCUT2D eigenvalue weighted by Crippen LogP contribution is 2.32. The van der Waals surface area contributed by atoms with Crippen LogP contribution in [0.4, 0.5) is 5.82 Å². The second-order valence-electron chi connectivity index (χ2n) is 6.50. The molecule has 2 aromatic heterocycles. The summed E-state index contributed by atoms with van der Waals surface area (Å²) in [4.78, 5) is 4.61. The molecular weight excluding hydrogens is 284 g/mol. The molecule has 4 heteroatoms. The van der Waals surface area contributed by atoms with Crippen LogP contribution in [0.1, 0.15) is 37.7 Å². The van der Waals surface area contributed by atoms with Crippen molar-refractivity contribution in [2.24, 2.45) is 0 Å². The molecule has 4 rings (SSSR count). The van der Waals surface area contributed by atoms with Crippen molar-refractivity contribution in [1.82, 2.24) is 15.2 Å². The van der Waals surface area contributed by atoms with Gasteiger partial charge < -0.3 is 5.32 Å². The van der Waals surface area contributed by atoms with Gasteiger partial charge >= 0.3 is 0 Å². The molecule has 0 radical (unpaired) electrons. The van der Waals surface area contributed by atoms with Gasteiger partial charge in [-0.05, 0) is 31.9 Å². The lowest BCUT2D eigenvalue weighted by Gasteiger charge is -2.23. The van der Waals surface area contributed by atoms with Crippen LogP contribution in [0.2, 0.25) is 0 Å². The van der Waals surface area contributed by atoms with Crippen molar-refractivity contribution in [2.75, 3.05) is 5.32 Å². The van der Waals surface area contributed by atoms with Crippen LogP contribution in [0, 0.1) is 6.92 Å². The second-order valence-corrected chi connectivity index (χ2v) is 6.50. The van der Waals surface area contributed by atoms with E-state index < -0.39 is 0 Å². The fraction of sp³-hybridized carbons (Fsp3) is 0.368. The summed E-state index contributed by atoms with van der Waals surface area (Å²) in [5.41, 5.74) is 4.39. The zero-order chi connectivity index (χ0) is 15.6. The minimum Gasteiger partial charge on any atom is -0.367 e. The molecule has 1 fully saturated rings. The fourth-order valence-corrected chi connectivity index (χ4v) is 3.52. The van der Waals surface area contributed by atoms with E-state index in [1.54, 1.807) is 0 Å². The Morgan fingerprint density at radius 2 is 2.00 bits per heavy atom. The summed E-state index contributed by atoms with van der Waals surface area (Å²) >= 11 is 0. The van der Waals surface area contributed by atoms with Gasteiger partial charge in [0.15, 0.2) is 0 Å². The summed E-state index contributed by atoms with van der Waals surface area (Å²) in [6, 6.07) is 11.0. The molecule has 1 aliphatic rings. The SMILES string of the molecule is Cc1cccc(-c2n[nH]c3ccnc(NC4CCCCC4)c23)c1. The van der Waals surface area contributed by atoms with Crippen molar-refractivity contribution in [3.63, 3.8) is 0 Å². The van der Waals surface area contributed by atoms with Crippen molar-refractivity contribution in [2.45, 2.75) is 45.1 Å². The number of anilines is 1. The number of fused-ring (bicyclic) bond motifs is 1. The summed E-state index contributed by atoms with van der Waals surface area (Å²) in [5, 5.41) is 12.5. The Kier molecular flexibility index (Phi) is 3.74. The van der Waals surface area contributed by atoms with Gasteiger partial charge in [-0.1, -0.05) is 43.0 Å². The standard InChI is InChI=1S/C19H22N4/c1-13-6-5-7-14(12-13)18-17-16(22-23-18)10-11-20-19(17)21-15-8-3-2-4-9-15/h5-7,10-12,15H,2-4,8-9H2,1H3,(H,20,21)(H,22,23). The summed E-state index contributed by atoms with van der Waals surface area (Å²) in [5.74, 6) is 0.958. The van der Waals surface area contributed by atoms with Crippen molar-refractivity contribution >= 4 is 16.7 Å². The van der Waals surface area contributed by atoms with E-state index in [-0.39, 0.29) is 0 Å². The Labute approximate surface area is 136 Å². The molecular formula is C19H22N4. The molecule has 4 nitrogen and oxygen atoms in total. The Morgan fingerprint density at radius 1 is 1.13 bits per heavy atom. The van der Waals surface area contributed by atoms with Crippen molar-refractivity contribution in [1.29, 1.82) is 0 Å². The van der Waals surface area contributed by atoms with Gasteiger partial charge in [0.25, 0.3) is 0 Å². The Balaban J connectivity index is 1.77. The first-order chi connectivity index (χ1) is 11.3. The molecule has 0 aliphatic heterocycles. The minimum absolute atomic E-state index is 0.530. The number of hydrogen-bond acceptors (Lipinski definition) is 3. The quantitative estimate of drug-likeness (QED) is 0.739. The van der Waals surface area contributed by atoms with E-state index in [0.29, 0.717) is 6.04 Å². The van der Waals surface area contributed by atoms with Gasteiger partial charge in [-0.25, -0.2) is 4.98 Å². The second kappa shape index (κ2) is 6.03. The van der Waals surface area contributed by atoms with Gasteiger partial charge in [-0.15, -0.1) is 0 Å². The summed E-state index contributed by atoms with van der Waals surface area (Å²) in [7, 11) is 0. The monoisotopic (exact) mass is 306 g/mol. The Hall–Kier alpha value is -2.36. The number of nitrogens with one attached hydrogen (secondary N) is 2. The molecule has 2 N–H and O–H groups in total. The van der Waals surface area contributed by atoms with E-state index in [4.69, 9.17) is 0 Å². The highest BCUT2D eigenvalue weighted by molar-refractivity contribution is 6.00. The van der Waals surface area contributed by atoms with Crippen molar-refractivity contribution in [3.05, 3.63) is 42.1 Å². The lowest BCUT2D eigenvalue weighted by molar-refractivity contribution is 0.462. The maximum atomic E-state index is 4.61. The van der Waals surface area contributed by atoms with Gasteiger partial charge in [0.1, 0.15) is 11.5 Å². The molecule has 1 aromatic carbocycles. The van der Waals surface area contributed by atoms with Gasteiger partial charge in [0.05, 0.1) is 10.9 Å². The van der Waals surface area contributed by atoms with Crippen LogP contribution in [-0.4, -0.2) is 21.2 Å². The molecule has 1 aliphatic carbocycles. The van der Waals surface area contributed by atoms with E-state index >= 15 is 0 Å². The third-order valence-electron chi connectivity index (χ3n) is 4.71. The van der Waals surface area contributed by atoms with Crippen LogP contribution in [0.25, 0.3) is 22.2 Å². The molecule has 3 aromatic rings. The largest absolute Gasteiger partial charge is 0.367 e. The fourth-order valence-electron chi connectivity index (χ4n) is 3.52. The first-order valence-corrected chi connectivity index (χ1v) is 8.48. The van der Waals surface area contributed by atoms with Crippen LogP contribution >= 0.6 is 0 Å². The van der Waals surface area contributed by atoms with Gasteiger partial charge in [-0.3, -0.25) is 5.10 Å². The van der Waals surface area contributed by atoms with Crippen LogP contribution in [0.5, 0.6) is 0 Å². The first kappa shape index (κ1) is 14.2. The van der Waals surface area contributed by atoms with Crippen LogP contribution in [-0.2, 0) is 0 Å².